The van der Waals surface area contributed by atoms with Crippen LogP contribution in [-0.4, -0.2) is 21.6 Å². The number of hydrogen-bond acceptors (Lipinski definition) is 3. The summed E-state index contributed by atoms with van der Waals surface area (Å²) < 4.78 is 40.8. The molecule has 0 atom stereocenters. The van der Waals surface area contributed by atoms with Crippen LogP contribution >= 0.6 is 11.6 Å². The van der Waals surface area contributed by atoms with Crippen molar-refractivity contribution >= 4 is 34.8 Å². The molecule has 0 bridgehead atoms. The van der Waals surface area contributed by atoms with E-state index >= 15 is 0 Å². The predicted molar refractivity (Wildman–Crippen MR) is 114 cm³/mol. The van der Waals surface area contributed by atoms with E-state index in [2.05, 4.69) is 15.7 Å². The van der Waals surface area contributed by atoms with Crippen LogP contribution in [0.4, 0.5) is 24.5 Å². The maximum Gasteiger partial charge on any atom is 0.416 e. The zero-order valence-corrected chi connectivity index (χ0v) is 17.6. The minimum Gasteiger partial charge on any atom is -0.325 e. The van der Waals surface area contributed by atoms with E-state index in [1.807, 2.05) is 0 Å². The minimum absolute atomic E-state index is 0.0403. The lowest BCUT2D eigenvalue weighted by Gasteiger charge is -2.12. The van der Waals surface area contributed by atoms with E-state index in [1.54, 1.807) is 12.1 Å². The van der Waals surface area contributed by atoms with Gasteiger partial charge in [0, 0.05) is 18.5 Å². The molecule has 1 heterocycles. The highest BCUT2D eigenvalue weighted by molar-refractivity contribution is 6.34. The number of amides is 2. The maximum absolute atomic E-state index is 13.1. The van der Waals surface area contributed by atoms with Crippen LogP contribution in [0, 0.1) is 0 Å². The molecule has 32 heavy (non-hydrogen) atoms. The normalized spacial score (nSPS) is 13.7. The monoisotopic (exact) mass is 462 g/mol. The largest absolute Gasteiger partial charge is 0.416 e. The molecule has 0 radical (unpaired) electrons. The lowest BCUT2D eigenvalue weighted by atomic mass is 10.1. The first kappa shape index (κ1) is 21.9. The van der Waals surface area contributed by atoms with Crippen molar-refractivity contribution in [2.45, 2.75) is 31.9 Å². The number of carbonyl (C=O) groups is 2. The zero-order valence-electron chi connectivity index (χ0n) is 16.8. The highest BCUT2D eigenvalue weighted by Gasteiger charge is 2.34. The Morgan fingerprint density at radius 2 is 1.88 bits per heavy atom. The standard InChI is InChI=1S/C22H18ClF3N4O2/c1-12(31)28-19-8-7-15(10-18(19)23)29-21(32)17-11-27-30(20(17)13-5-6-13)16-4-2-3-14(9-16)22(24,25)26/h2-4,7-11,13H,5-6H2,1H3,(H,28,31)(H,29,32). The summed E-state index contributed by atoms with van der Waals surface area (Å²) in [6.07, 6.45) is -1.48. The van der Waals surface area contributed by atoms with Crippen molar-refractivity contribution in [2.75, 3.05) is 10.6 Å². The van der Waals surface area contributed by atoms with Crippen molar-refractivity contribution in [1.82, 2.24) is 9.78 Å². The van der Waals surface area contributed by atoms with Gasteiger partial charge in [0.2, 0.25) is 5.91 Å². The zero-order chi connectivity index (χ0) is 23.0. The van der Waals surface area contributed by atoms with Crippen LogP contribution in [0.3, 0.4) is 0 Å². The second kappa shape index (κ2) is 8.31. The lowest BCUT2D eigenvalue weighted by molar-refractivity contribution is -0.137. The molecule has 3 aromatic rings. The SMILES string of the molecule is CC(=O)Nc1ccc(NC(=O)c2cnn(-c3cccc(C(F)(F)F)c3)c2C2CC2)cc1Cl. The molecule has 2 amide bonds. The molecule has 0 unspecified atom stereocenters. The van der Waals surface area contributed by atoms with Gasteiger partial charge in [0.15, 0.2) is 0 Å². The summed E-state index contributed by atoms with van der Waals surface area (Å²) in [6.45, 7) is 1.35. The minimum atomic E-state index is -4.48. The van der Waals surface area contributed by atoms with E-state index in [9.17, 15) is 22.8 Å². The Morgan fingerprint density at radius 3 is 2.50 bits per heavy atom. The Balaban J connectivity index is 1.63. The van der Waals surface area contributed by atoms with Crippen LogP contribution in [0.25, 0.3) is 5.69 Å². The summed E-state index contributed by atoms with van der Waals surface area (Å²) in [5, 5.41) is 9.77. The van der Waals surface area contributed by atoms with E-state index in [-0.39, 0.29) is 28.1 Å². The molecule has 166 valence electrons. The second-order valence-electron chi connectivity index (χ2n) is 7.51. The van der Waals surface area contributed by atoms with Gasteiger partial charge in [-0.3, -0.25) is 9.59 Å². The Morgan fingerprint density at radius 1 is 1.12 bits per heavy atom. The van der Waals surface area contributed by atoms with Crippen molar-refractivity contribution in [3.05, 3.63) is 70.5 Å². The molecule has 6 nitrogen and oxygen atoms in total. The summed E-state index contributed by atoms with van der Waals surface area (Å²) in [7, 11) is 0. The number of benzene rings is 2. The molecule has 1 aliphatic rings. The second-order valence-corrected chi connectivity index (χ2v) is 7.91. The number of nitrogens with one attached hydrogen (secondary N) is 2. The molecule has 10 heteroatoms. The number of alkyl halides is 3. The van der Waals surface area contributed by atoms with Gasteiger partial charge in [0.25, 0.3) is 5.91 Å². The molecule has 0 spiro atoms. The van der Waals surface area contributed by atoms with Gasteiger partial charge in [0.1, 0.15) is 0 Å². The molecule has 2 aromatic carbocycles. The summed E-state index contributed by atoms with van der Waals surface area (Å²) >= 11 is 6.16. The number of rotatable bonds is 5. The Kier molecular flexibility index (Phi) is 5.68. The van der Waals surface area contributed by atoms with Gasteiger partial charge in [-0.2, -0.15) is 18.3 Å². The third-order valence-electron chi connectivity index (χ3n) is 4.97. The lowest BCUT2D eigenvalue weighted by Crippen LogP contribution is -2.15. The van der Waals surface area contributed by atoms with E-state index in [0.717, 1.165) is 25.0 Å². The summed E-state index contributed by atoms with van der Waals surface area (Å²) in [4.78, 5) is 24.2. The average molecular weight is 463 g/mol. The van der Waals surface area contributed by atoms with E-state index in [0.29, 0.717) is 17.1 Å². The third-order valence-corrected chi connectivity index (χ3v) is 5.28. The van der Waals surface area contributed by atoms with Gasteiger partial charge < -0.3 is 10.6 Å². The van der Waals surface area contributed by atoms with Gasteiger partial charge in [-0.05, 0) is 49.2 Å². The first-order valence-electron chi connectivity index (χ1n) is 9.77. The smallest absolute Gasteiger partial charge is 0.325 e. The van der Waals surface area contributed by atoms with Crippen molar-refractivity contribution < 1.29 is 22.8 Å². The highest BCUT2D eigenvalue weighted by Crippen LogP contribution is 2.43. The molecule has 1 aliphatic carbocycles. The van der Waals surface area contributed by atoms with Gasteiger partial charge in [-0.1, -0.05) is 17.7 Å². The van der Waals surface area contributed by atoms with Crippen LogP contribution in [0.1, 0.15) is 47.3 Å². The van der Waals surface area contributed by atoms with Gasteiger partial charge >= 0.3 is 6.18 Å². The molecule has 0 aliphatic heterocycles. The van der Waals surface area contributed by atoms with E-state index in [1.165, 1.54) is 36.0 Å². The molecule has 1 fully saturated rings. The topological polar surface area (TPSA) is 76.0 Å². The first-order chi connectivity index (χ1) is 15.1. The molecular formula is C22H18ClF3N4O2. The number of hydrogen-bond donors (Lipinski definition) is 2. The average Bonchev–Trinajstić information content (AvgIpc) is 3.46. The number of carbonyl (C=O) groups excluding carboxylic acids is 2. The van der Waals surface area contributed by atoms with Gasteiger partial charge in [-0.25, -0.2) is 4.68 Å². The quantitative estimate of drug-likeness (QED) is 0.515. The number of anilines is 2. The highest BCUT2D eigenvalue weighted by atomic mass is 35.5. The molecule has 0 saturated heterocycles. The van der Waals surface area contributed by atoms with Crippen LogP contribution in [0.2, 0.25) is 5.02 Å². The van der Waals surface area contributed by atoms with Crippen LogP contribution in [-0.2, 0) is 11.0 Å². The predicted octanol–water partition coefficient (Wildman–Crippen LogP) is 5.63. The molecule has 2 N–H and O–H groups in total. The van der Waals surface area contributed by atoms with Crippen molar-refractivity contribution in [2.24, 2.45) is 0 Å². The summed E-state index contributed by atoms with van der Waals surface area (Å²) in [5.41, 5.74) is 1.13. The Labute approximate surface area is 186 Å². The fourth-order valence-electron chi connectivity index (χ4n) is 3.38. The summed E-state index contributed by atoms with van der Waals surface area (Å²) in [5.74, 6) is -0.688. The van der Waals surface area contributed by atoms with Crippen molar-refractivity contribution in [1.29, 1.82) is 0 Å². The summed E-state index contributed by atoms with van der Waals surface area (Å²) in [6, 6.07) is 9.49. The molecule has 4 rings (SSSR count). The number of nitrogens with zero attached hydrogens (tertiary/aromatic N) is 2. The van der Waals surface area contributed by atoms with Crippen molar-refractivity contribution in [3.8, 4) is 5.69 Å². The fraction of sp³-hybridized carbons (Fsp3) is 0.227. The van der Waals surface area contributed by atoms with E-state index in [4.69, 9.17) is 11.6 Å². The van der Waals surface area contributed by atoms with E-state index < -0.39 is 17.6 Å². The molecular weight excluding hydrogens is 445 g/mol. The van der Waals surface area contributed by atoms with Crippen LogP contribution in [0.5, 0.6) is 0 Å². The first-order valence-corrected chi connectivity index (χ1v) is 10.2. The molecule has 1 saturated carbocycles. The van der Waals surface area contributed by atoms with Crippen molar-refractivity contribution in [3.63, 3.8) is 0 Å². The Bertz CT molecular complexity index is 1200. The van der Waals surface area contributed by atoms with Crippen LogP contribution in [0.15, 0.2) is 48.7 Å². The molecule has 1 aromatic heterocycles. The van der Waals surface area contributed by atoms with Crippen LogP contribution < -0.4 is 10.6 Å². The fourth-order valence-corrected chi connectivity index (χ4v) is 3.61. The maximum atomic E-state index is 13.1. The Hall–Kier alpha value is -3.33. The number of aromatic nitrogens is 2. The number of halogens is 4. The third kappa shape index (κ3) is 4.62. The van der Waals surface area contributed by atoms with Gasteiger partial charge in [-0.15, -0.1) is 0 Å². The van der Waals surface area contributed by atoms with Gasteiger partial charge in [0.05, 0.1) is 39.4 Å².